The number of anilines is 1. The molecule has 3 N–H and O–H groups in total. The summed E-state index contributed by atoms with van der Waals surface area (Å²) in [5, 5.41) is 13.2. The highest BCUT2D eigenvalue weighted by molar-refractivity contribution is 7.89. The number of carbonyl (C=O) groups excluding carboxylic acids is 1. The summed E-state index contributed by atoms with van der Waals surface area (Å²) in [6, 6.07) is 2.17. The topological polar surface area (TPSA) is 110 Å². The number of ether oxygens (including phenoxy) is 1. The molecule has 1 fully saturated rings. The molecule has 156 valence electrons. The third-order valence-corrected chi connectivity index (χ3v) is 6.76. The van der Waals surface area contributed by atoms with E-state index >= 15 is 0 Å². The Hall–Kier alpha value is -2.50. The molecule has 4 rings (SSSR count). The zero-order valence-corrected chi connectivity index (χ0v) is 16.2. The average Bonchev–Trinajstić information content (AvgIpc) is 3.16. The summed E-state index contributed by atoms with van der Waals surface area (Å²) in [6.45, 7) is -0.192. The lowest BCUT2D eigenvalue weighted by molar-refractivity contribution is -0.0176. The fourth-order valence-corrected chi connectivity index (χ4v) is 5.31. The molecule has 0 radical (unpaired) electrons. The highest BCUT2D eigenvalue weighted by Gasteiger charge is 2.47. The molecule has 2 heterocycles. The molecule has 8 nitrogen and oxygen atoms in total. The van der Waals surface area contributed by atoms with Gasteiger partial charge in [0.25, 0.3) is 5.91 Å². The van der Waals surface area contributed by atoms with Crippen LogP contribution in [0.5, 0.6) is 5.75 Å². The summed E-state index contributed by atoms with van der Waals surface area (Å²) >= 11 is 0. The first kappa shape index (κ1) is 19.8. The van der Waals surface area contributed by atoms with E-state index in [-0.39, 0.29) is 28.6 Å². The molecule has 0 unspecified atom stereocenters. The van der Waals surface area contributed by atoms with E-state index in [4.69, 9.17) is 4.74 Å². The predicted molar refractivity (Wildman–Crippen MR) is 98.1 cm³/mol. The number of aromatic nitrogens is 1. The van der Waals surface area contributed by atoms with Gasteiger partial charge in [-0.25, -0.2) is 21.9 Å². The fraction of sp³-hybridized carbons (Fsp3) is 0.389. The molecular formula is C18H19F2N3O5S. The van der Waals surface area contributed by atoms with Crippen LogP contribution in [-0.2, 0) is 17.1 Å². The third kappa shape index (κ3) is 3.38. The molecule has 0 bridgehead atoms. The second-order valence-electron chi connectivity index (χ2n) is 7.32. The first-order valence-electron chi connectivity index (χ1n) is 8.94. The Morgan fingerprint density at radius 2 is 2.14 bits per heavy atom. The van der Waals surface area contributed by atoms with Gasteiger partial charge in [-0.3, -0.25) is 4.79 Å². The first-order chi connectivity index (χ1) is 13.6. The van der Waals surface area contributed by atoms with Crippen molar-refractivity contribution in [3.8, 4) is 5.75 Å². The van der Waals surface area contributed by atoms with Gasteiger partial charge in [-0.05, 0) is 31.4 Å². The molecule has 1 aromatic heterocycles. The Bertz CT molecular complexity index is 1100. The van der Waals surface area contributed by atoms with Crippen molar-refractivity contribution in [3.63, 3.8) is 0 Å². The van der Waals surface area contributed by atoms with E-state index in [2.05, 4.69) is 10.0 Å². The number of nitrogens with zero attached hydrogens (tertiary/aromatic N) is 1. The molecule has 0 saturated heterocycles. The number of aliphatic hydroxyl groups is 1. The minimum absolute atomic E-state index is 0.00911. The summed E-state index contributed by atoms with van der Waals surface area (Å²) in [7, 11) is -2.60. The van der Waals surface area contributed by atoms with Crippen molar-refractivity contribution in [2.45, 2.75) is 35.8 Å². The number of sulfonamides is 1. The number of nitrogens with one attached hydrogen (secondary N) is 2. The third-order valence-electron chi connectivity index (χ3n) is 5.30. The predicted octanol–water partition coefficient (Wildman–Crippen LogP) is 1.51. The van der Waals surface area contributed by atoms with Crippen molar-refractivity contribution in [2.24, 2.45) is 7.05 Å². The van der Waals surface area contributed by atoms with E-state index in [1.54, 1.807) is 0 Å². The number of benzene rings is 1. The maximum atomic E-state index is 13.4. The van der Waals surface area contributed by atoms with E-state index in [1.807, 2.05) is 0 Å². The molecule has 1 saturated carbocycles. The van der Waals surface area contributed by atoms with Crippen LogP contribution in [0.4, 0.5) is 14.5 Å². The van der Waals surface area contributed by atoms with Crippen LogP contribution in [-0.4, -0.2) is 42.2 Å². The van der Waals surface area contributed by atoms with Crippen molar-refractivity contribution >= 4 is 21.6 Å². The average molecular weight is 427 g/mol. The monoisotopic (exact) mass is 427 g/mol. The van der Waals surface area contributed by atoms with Crippen LogP contribution >= 0.6 is 0 Å². The number of aryl methyl sites for hydroxylation is 1. The second-order valence-corrected chi connectivity index (χ2v) is 9.01. The molecule has 1 amide bonds. The van der Waals surface area contributed by atoms with E-state index in [0.29, 0.717) is 19.3 Å². The van der Waals surface area contributed by atoms with Crippen LogP contribution in [0.15, 0.2) is 29.3 Å². The van der Waals surface area contributed by atoms with Crippen LogP contribution in [0.3, 0.4) is 0 Å². The number of fused-ring (bicyclic) bond motifs is 2. The molecule has 1 aliphatic carbocycles. The van der Waals surface area contributed by atoms with Gasteiger partial charge in [-0.2, -0.15) is 0 Å². The molecule has 1 aromatic carbocycles. The smallest absolute Gasteiger partial charge is 0.276 e. The molecule has 29 heavy (non-hydrogen) atoms. The SMILES string of the molecule is Cn1cc2c(c1C(=O)Nc1ccc(F)c(F)c1)OC[C@@]1(O)CCC[C@H]1NS2(=O)=O. The maximum Gasteiger partial charge on any atom is 0.276 e. The summed E-state index contributed by atoms with van der Waals surface area (Å²) < 4.78 is 61.6. The Morgan fingerprint density at radius 3 is 2.86 bits per heavy atom. The van der Waals surface area contributed by atoms with Gasteiger partial charge in [0, 0.05) is 25.0 Å². The van der Waals surface area contributed by atoms with Gasteiger partial charge in [0.15, 0.2) is 23.1 Å². The van der Waals surface area contributed by atoms with Gasteiger partial charge >= 0.3 is 0 Å². The van der Waals surface area contributed by atoms with Crippen LogP contribution in [0, 0.1) is 11.6 Å². The zero-order chi connectivity index (χ0) is 21.0. The highest BCUT2D eigenvalue weighted by atomic mass is 32.2. The Balaban J connectivity index is 1.72. The van der Waals surface area contributed by atoms with Crippen LogP contribution < -0.4 is 14.8 Å². The van der Waals surface area contributed by atoms with Gasteiger partial charge in [0.05, 0.1) is 6.04 Å². The van der Waals surface area contributed by atoms with Crippen LogP contribution in [0.25, 0.3) is 0 Å². The lowest BCUT2D eigenvalue weighted by Gasteiger charge is -2.32. The van der Waals surface area contributed by atoms with Gasteiger partial charge in [-0.1, -0.05) is 0 Å². The minimum atomic E-state index is -4.06. The van der Waals surface area contributed by atoms with E-state index in [1.165, 1.54) is 23.9 Å². The van der Waals surface area contributed by atoms with Gasteiger partial charge in [0.2, 0.25) is 10.0 Å². The Labute approximate surface area is 165 Å². The number of hydrogen-bond acceptors (Lipinski definition) is 5. The van der Waals surface area contributed by atoms with E-state index in [9.17, 15) is 27.1 Å². The number of carbonyl (C=O) groups is 1. The number of amides is 1. The van der Waals surface area contributed by atoms with Crippen molar-refractivity contribution in [1.29, 1.82) is 0 Å². The highest BCUT2D eigenvalue weighted by Crippen LogP contribution is 2.38. The maximum absolute atomic E-state index is 13.4. The number of hydrogen-bond donors (Lipinski definition) is 3. The molecule has 11 heteroatoms. The fourth-order valence-electron chi connectivity index (χ4n) is 3.78. The molecule has 2 aromatic rings. The number of halogens is 2. The Morgan fingerprint density at radius 1 is 1.38 bits per heavy atom. The van der Waals surface area contributed by atoms with Crippen molar-refractivity contribution in [3.05, 3.63) is 41.7 Å². The van der Waals surface area contributed by atoms with Crippen molar-refractivity contribution < 1.29 is 31.8 Å². The standard InChI is InChI=1S/C18H19F2N3O5S/c1-23-8-13-16(15(23)17(24)21-10-4-5-11(19)12(20)7-10)28-9-18(25)6-2-3-14(18)22-29(13,26)27/h4-5,7-8,14,22,25H,2-3,6,9H2,1H3,(H,21,24)/t14-,18+/m1/s1. The zero-order valence-electron chi connectivity index (χ0n) is 15.4. The molecule has 2 atom stereocenters. The lowest BCUT2D eigenvalue weighted by Crippen LogP contribution is -2.53. The molecule has 2 aliphatic rings. The summed E-state index contributed by atoms with van der Waals surface area (Å²) in [6.07, 6.45) is 2.70. The Kier molecular flexibility index (Phi) is 4.63. The summed E-state index contributed by atoms with van der Waals surface area (Å²) in [4.78, 5) is 12.5. The molecule has 1 aliphatic heterocycles. The quantitative estimate of drug-likeness (QED) is 0.673. The van der Waals surface area contributed by atoms with Gasteiger partial charge < -0.3 is 19.7 Å². The second kappa shape index (κ2) is 6.78. The van der Waals surface area contributed by atoms with Crippen molar-refractivity contribution in [1.82, 2.24) is 9.29 Å². The van der Waals surface area contributed by atoms with Gasteiger partial charge in [-0.15, -0.1) is 0 Å². The largest absolute Gasteiger partial charge is 0.487 e. The molecule has 0 spiro atoms. The van der Waals surface area contributed by atoms with Crippen LogP contribution in [0.2, 0.25) is 0 Å². The summed E-state index contributed by atoms with van der Waals surface area (Å²) in [5.74, 6) is -3.18. The number of rotatable bonds is 2. The van der Waals surface area contributed by atoms with Crippen molar-refractivity contribution in [2.75, 3.05) is 11.9 Å². The van der Waals surface area contributed by atoms with E-state index in [0.717, 1.165) is 12.1 Å². The van der Waals surface area contributed by atoms with E-state index < -0.39 is 39.2 Å². The van der Waals surface area contributed by atoms with Gasteiger partial charge in [0.1, 0.15) is 17.1 Å². The normalized spacial score (nSPS) is 25.3. The summed E-state index contributed by atoms with van der Waals surface area (Å²) in [5.41, 5.74) is -1.52. The minimum Gasteiger partial charge on any atom is -0.487 e. The lowest BCUT2D eigenvalue weighted by atomic mass is 10.00. The van der Waals surface area contributed by atoms with Crippen LogP contribution in [0.1, 0.15) is 29.8 Å². The molecular weight excluding hydrogens is 408 g/mol. The first-order valence-corrected chi connectivity index (χ1v) is 10.4.